The van der Waals surface area contributed by atoms with Crippen LogP contribution in [0.3, 0.4) is 0 Å². The van der Waals surface area contributed by atoms with E-state index in [1.54, 1.807) is 30.5 Å². The lowest BCUT2D eigenvalue weighted by Crippen LogP contribution is -2.21. The van der Waals surface area contributed by atoms with Crippen molar-refractivity contribution in [1.82, 2.24) is 9.97 Å². The lowest BCUT2D eigenvalue weighted by Gasteiger charge is -2.30. The van der Waals surface area contributed by atoms with Crippen molar-refractivity contribution in [2.24, 2.45) is 0 Å². The van der Waals surface area contributed by atoms with E-state index in [0.29, 0.717) is 58.7 Å². The number of hydrogen-bond acceptors (Lipinski definition) is 7. The molecule has 2 heterocycles. The summed E-state index contributed by atoms with van der Waals surface area (Å²) in [5, 5.41) is 3.36. The highest BCUT2D eigenvalue weighted by molar-refractivity contribution is 6.35. The number of hydrogen-bond donors (Lipinski definition) is 1. The largest absolute Gasteiger partial charge is 0.496 e. The fraction of sp³-hybridized carbons (Fsp3) is 0.226. The Labute approximate surface area is 244 Å². The van der Waals surface area contributed by atoms with Gasteiger partial charge in [0.2, 0.25) is 5.88 Å². The van der Waals surface area contributed by atoms with E-state index in [0.717, 1.165) is 22.8 Å². The average molecular weight is 596 g/mol. The first-order valence-corrected chi connectivity index (χ1v) is 13.4. The van der Waals surface area contributed by atoms with Gasteiger partial charge in [0.25, 0.3) is 0 Å². The molecular formula is C31H25ClF3N3O4. The number of pyridine rings is 2. The van der Waals surface area contributed by atoms with Crippen LogP contribution >= 0.6 is 11.6 Å². The predicted molar refractivity (Wildman–Crippen MR) is 153 cm³/mol. The molecule has 11 heteroatoms. The Hall–Kier alpha value is -4.44. The lowest BCUT2D eigenvalue weighted by molar-refractivity contribution is -0.137. The number of carbonyl (C=O) groups is 2. The highest BCUT2D eigenvalue weighted by atomic mass is 35.5. The van der Waals surface area contributed by atoms with E-state index >= 15 is 0 Å². The normalized spacial score (nSPS) is 14.6. The van der Waals surface area contributed by atoms with Crippen LogP contribution in [0.5, 0.6) is 11.6 Å². The number of nitrogens with one attached hydrogen (secondary N) is 1. The van der Waals surface area contributed by atoms with E-state index in [9.17, 15) is 22.8 Å². The first kappa shape index (κ1) is 29.1. The molecule has 2 aromatic carbocycles. The lowest BCUT2D eigenvalue weighted by atomic mass is 9.83. The molecule has 5 rings (SSSR count). The number of ether oxygens (including phenoxy) is 2. The van der Waals surface area contributed by atoms with Crippen molar-refractivity contribution in [3.8, 4) is 34.0 Å². The summed E-state index contributed by atoms with van der Waals surface area (Å²) in [5.41, 5.74) is 3.52. The average Bonchev–Trinajstić information content (AvgIpc) is 3.00. The molecule has 0 bridgehead atoms. The molecule has 216 valence electrons. The zero-order valence-electron chi connectivity index (χ0n) is 22.6. The van der Waals surface area contributed by atoms with Gasteiger partial charge in [-0.15, -0.1) is 0 Å². The molecule has 0 radical (unpaired) electrons. The number of carbonyl (C=O) groups excluding carboxylic acids is 2. The highest BCUT2D eigenvalue weighted by Crippen LogP contribution is 2.44. The topological polar surface area (TPSA) is 90.4 Å². The maximum atomic E-state index is 14.0. The van der Waals surface area contributed by atoms with E-state index in [4.69, 9.17) is 21.1 Å². The smallest absolute Gasteiger partial charge is 0.419 e. The molecule has 1 N–H and O–H groups in total. The van der Waals surface area contributed by atoms with Gasteiger partial charge in [0.1, 0.15) is 11.6 Å². The minimum Gasteiger partial charge on any atom is -0.496 e. The molecule has 4 aromatic rings. The number of nitrogens with zero attached hydrogens (tertiary/aromatic N) is 2. The number of alkyl halides is 3. The van der Waals surface area contributed by atoms with Crippen LogP contribution in [0.15, 0.2) is 54.7 Å². The van der Waals surface area contributed by atoms with Crippen LogP contribution in [0.1, 0.15) is 56.3 Å². The number of aromatic nitrogens is 2. The molecule has 0 fully saturated rings. The summed E-state index contributed by atoms with van der Waals surface area (Å²) in [7, 11) is 2.71. The van der Waals surface area contributed by atoms with Crippen molar-refractivity contribution < 1.29 is 32.2 Å². The van der Waals surface area contributed by atoms with Crippen molar-refractivity contribution in [3.05, 3.63) is 87.6 Å². The summed E-state index contributed by atoms with van der Waals surface area (Å²) in [6, 6.07) is 12.7. The zero-order valence-corrected chi connectivity index (χ0v) is 23.3. The number of methoxy groups -OCH3 is 2. The van der Waals surface area contributed by atoms with Crippen LogP contribution in [0.2, 0.25) is 5.02 Å². The fourth-order valence-electron chi connectivity index (χ4n) is 5.31. The number of aldehydes is 2. The third-order valence-electron chi connectivity index (χ3n) is 7.27. The molecule has 1 unspecified atom stereocenters. The Balaban J connectivity index is 1.57. The SMILES string of the molecule is COc1cc(-c2nccc(-c3cccc4c3CCCC4Nc3nc(OC)c(C=O)cc3C(F)(F)F)c2Cl)ccc1C=O. The number of halogens is 4. The zero-order chi connectivity index (χ0) is 30.0. The standard InChI is InChI=1S/C31H25ClF3N3O4/c1-41-26-14-17(9-10-18(26)15-39)28-27(32)23(11-12-36-28)21-5-3-7-22-20(21)6-4-8-25(22)37-29-24(31(33,34)35)13-19(16-40)30(38-29)42-2/h3,5,7,9-16,25H,4,6,8H2,1-2H3,(H,37,38). The maximum absolute atomic E-state index is 14.0. The van der Waals surface area contributed by atoms with Crippen molar-refractivity contribution in [2.75, 3.05) is 19.5 Å². The van der Waals surface area contributed by atoms with E-state index in [1.165, 1.54) is 14.2 Å². The summed E-state index contributed by atoms with van der Waals surface area (Å²) in [6.45, 7) is 0. The molecule has 1 aliphatic carbocycles. The minimum absolute atomic E-state index is 0.195. The summed E-state index contributed by atoms with van der Waals surface area (Å²) >= 11 is 6.92. The quantitative estimate of drug-likeness (QED) is 0.210. The van der Waals surface area contributed by atoms with Gasteiger partial charge in [-0.1, -0.05) is 35.9 Å². The van der Waals surface area contributed by atoms with Crippen molar-refractivity contribution in [2.45, 2.75) is 31.5 Å². The first-order chi connectivity index (χ1) is 20.2. The second-order valence-corrected chi connectivity index (χ2v) is 10.0. The van der Waals surface area contributed by atoms with Gasteiger partial charge in [-0.3, -0.25) is 14.6 Å². The van der Waals surface area contributed by atoms with Gasteiger partial charge in [0.05, 0.1) is 47.7 Å². The number of rotatable bonds is 8. The molecule has 1 atom stereocenters. The van der Waals surface area contributed by atoms with E-state index < -0.39 is 23.6 Å². The molecule has 1 aliphatic rings. The summed E-state index contributed by atoms with van der Waals surface area (Å²) in [6.07, 6.45) is -0.174. The van der Waals surface area contributed by atoms with Gasteiger partial charge < -0.3 is 14.8 Å². The van der Waals surface area contributed by atoms with Crippen LogP contribution in [-0.2, 0) is 12.6 Å². The van der Waals surface area contributed by atoms with Crippen molar-refractivity contribution >= 4 is 30.0 Å². The molecule has 0 saturated carbocycles. The van der Waals surface area contributed by atoms with Crippen LogP contribution in [0.4, 0.5) is 19.0 Å². The second kappa shape index (κ2) is 11.8. The monoisotopic (exact) mass is 595 g/mol. The van der Waals surface area contributed by atoms with Gasteiger partial charge in [-0.25, -0.2) is 0 Å². The fourth-order valence-corrected chi connectivity index (χ4v) is 5.63. The molecule has 7 nitrogen and oxygen atoms in total. The Morgan fingerprint density at radius 1 is 1.00 bits per heavy atom. The highest BCUT2D eigenvalue weighted by Gasteiger charge is 2.37. The third kappa shape index (κ3) is 5.42. The van der Waals surface area contributed by atoms with Crippen LogP contribution in [0.25, 0.3) is 22.4 Å². The van der Waals surface area contributed by atoms with Gasteiger partial charge in [-0.05, 0) is 60.2 Å². The molecular weight excluding hydrogens is 571 g/mol. The van der Waals surface area contributed by atoms with E-state index in [1.807, 2.05) is 18.2 Å². The maximum Gasteiger partial charge on any atom is 0.419 e. The van der Waals surface area contributed by atoms with Crippen molar-refractivity contribution in [1.29, 1.82) is 0 Å². The molecule has 2 aromatic heterocycles. The molecule has 42 heavy (non-hydrogen) atoms. The number of fused-ring (bicyclic) bond motifs is 1. The van der Waals surface area contributed by atoms with E-state index in [-0.39, 0.29) is 17.7 Å². The Morgan fingerprint density at radius 2 is 1.79 bits per heavy atom. The number of anilines is 1. The Bertz CT molecular complexity index is 1680. The second-order valence-electron chi connectivity index (χ2n) is 9.66. The summed E-state index contributed by atoms with van der Waals surface area (Å²) in [5.74, 6) is -0.217. The van der Waals surface area contributed by atoms with Crippen molar-refractivity contribution in [3.63, 3.8) is 0 Å². The third-order valence-corrected chi connectivity index (χ3v) is 7.66. The van der Waals surface area contributed by atoms with E-state index in [2.05, 4.69) is 15.3 Å². The predicted octanol–water partition coefficient (Wildman–Crippen LogP) is 7.61. The van der Waals surface area contributed by atoms with Gasteiger partial charge in [-0.2, -0.15) is 18.2 Å². The first-order valence-electron chi connectivity index (χ1n) is 13.0. The molecule has 0 saturated heterocycles. The van der Waals surface area contributed by atoms with Gasteiger partial charge in [0, 0.05) is 17.3 Å². The Morgan fingerprint density at radius 3 is 2.48 bits per heavy atom. The van der Waals surface area contributed by atoms with Crippen LogP contribution < -0.4 is 14.8 Å². The summed E-state index contributed by atoms with van der Waals surface area (Å²) < 4.78 is 52.3. The molecule has 0 spiro atoms. The number of benzene rings is 2. The molecule has 0 amide bonds. The van der Waals surface area contributed by atoms with Crippen LogP contribution in [0, 0.1) is 0 Å². The summed E-state index contributed by atoms with van der Waals surface area (Å²) in [4.78, 5) is 31.2. The Kier molecular flexibility index (Phi) is 8.17. The van der Waals surface area contributed by atoms with Crippen LogP contribution in [-0.4, -0.2) is 36.8 Å². The van der Waals surface area contributed by atoms with Gasteiger partial charge in [0.15, 0.2) is 12.6 Å². The molecule has 0 aliphatic heterocycles. The minimum atomic E-state index is -4.74. The van der Waals surface area contributed by atoms with Gasteiger partial charge >= 0.3 is 6.18 Å².